The summed E-state index contributed by atoms with van der Waals surface area (Å²) in [7, 11) is 0. The number of nitrogens with two attached hydrogens (primary N) is 1. The Morgan fingerprint density at radius 2 is 2.00 bits per heavy atom. The van der Waals surface area contributed by atoms with Crippen molar-refractivity contribution in [3.05, 3.63) is 0 Å². The van der Waals surface area contributed by atoms with Crippen molar-refractivity contribution in [3.63, 3.8) is 0 Å². The second-order valence-corrected chi connectivity index (χ2v) is 2.58. The molecule has 84 valence electrons. The molecule has 2 unspecified atom stereocenters. The van der Waals surface area contributed by atoms with Gasteiger partial charge in [0.25, 0.3) is 0 Å². The molecule has 0 radical (unpaired) electrons. The number of aliphatic hydroxyl groups excluding tert-OH is 1. The summed E-state index contributed by atoms with van der Waals surface area (Å²) in [6, 6.07) is -1.16. The van der Waals surface area contributed by atoms with Crippen LogP contribution in [0.1, 0.15) is 13.8 Å². The lowest BCUT2D eigenvalue weighted by Gasteiger charge is -2.06. The van der Waals surface area contributed by atoms with E-state index in [1.807, 2.05) is 0 Å². The van der Waals surface area contributed by atoms with Gasteiger partial charge in [0.2, 0.25) is 0 Å². The predicted octanol–water partition coefficient (Wildman–Crippen LogP) is 0.161. The summed E-state index contributed by atoms with van der Waals surface area (Å²) in [5.74, 6) is -1.18. The third-order valence-corrected chi connectivity index (χ3v) is 1.17. The van der Waals surface area contributed by atoms with Crippen molar-refractivity contribution < 1.29 is 24.5 Å². The molecule has 0 spiro atoms. The van der Waals surface area contributed by atoms with E-state index < -0.39 is 23.5 Å². The highest BCUT2D eigenvalue weighted by molar-refractivity contribution is 6.61. The lowest BCUT2D eigenvalue weighted by molar-refractivity contribution is -0.140. The van der Waals surface area contributed by atoms with Crippen molar-refractivity contribution in [1.29, 1.82) is 0 Å². The molecule has 0 saturated carbocycles. The zero-order valence-electron chi connectivity index (χ0n) is 7.94. The minimum atomic E-state index is -1.18. The van der Waals surface area contributed by atoms with Gasteiger partial charge in [-0.15, -0.1) is 0 Å². The zero-order chi connectivity index (χ0) is 11.7. The first-order chi connectivity index (χ1) is 6.32. The standard InChI is InChI=1S/C4H9NO3.C3H5ClO2/c1-2(6)3(5)4(7)8;1-2-6-3(4)5/h2-3,6H,5H2,1H3,(H,7,8);2H2,1H3. The molecule has 0 aliphatic rings. The number of hydrogen-bond acceptors (Lipinski definition) is 5. The first-order valence-corrected chi connectivity index (χ1v) is 4.19. The second-order valence-electron chi connectivity index (χ2n) is 2.28. The molecule has 14 heavy (non-hydrogen) atoms. The molecule has 0 aromatic heterocycles. The summed E-state index contributed by atoms with van der Waals surface area (Å²) < 4.78 is 4.17. The van der Waals surface area contributed by atoms with Crippen LogP contribution in [0, 0.1) is 0 Å². The molecule has 0 bridgehead atoms. The number of aliphatic carboxylic acids is 1. The second kappa shape index (κ2) is 8.74. The molecule has 0 saturated heterocycles. The van der Waals surface area contributed by atoms with Gasteiger partial charge in [0.1, 0.15) is 6.04 Å². The van der Waals surface area contributed by atoms with E-state index in [2.05, 4.69) is 4.74 Å². The number of ether oxygens (including phenoxy) is 1. The van der Waals surface area contributed by atoms with E-state index in [9.17, 15) is 9.59 Å². The van der Waals surface area contributed by atoms with Gasteiger partial charge in [-0.05, 0) is 13.8 Å². The molecular weight excluding hydrogens is 214 g/mol. The molecule has 6 nitrogen and oxygen atoms in total. The van der Waals surface area contributed by atoms with Gasteiger partial charge in [-0.25, -0.2) is 4.79 Å². The number of hydrogen-bond donors (Lipinski definition) is 3. The molecule has 7 heteroatoms. The van der Waals surface area contributed by atoms with Gasteiger partial charge in [0.15, 0.2) is 0 Å². The van der Waals surface area contributed by atoms with Crippen LogP contribution in [0.2, 0.25) is 0 Å². The Bertz CT molecular complexity index is 185. The highest BCUT2D eigenvalue weighted by Crippen LogP contribution is 1.85. The number of carboxylic acid groups (broad SMARTS) is 1. The maximum atomic E-state index is 9.86. The first kappa shape index (κ1) is 15.6. The average Bonchev–Trinajstić information content (AvgIpc) is 2.03. The molecule has 0 heterocycles. The maximum Gasteiger partial charge on any atom is 0.403 e. The van der Waals surface area contributed by atoms with Gasteiger partial charge in [0.05, 0.1) is 12.7 Å². The summed E-state index contributed by atoms with van der Waals surface area (Å²) in [6.07, 6.45) is -0.979. The summed E-state index contributed by atoms with van der Waals surface area (Å²) in [5.41, 5.74) is 4.17. The number of carboxylic acids is 1. The third kappa shape index (κ3) is 11.2. The van der Waals surface area contributed by atoms with E-state index in [-0.39, 0.29) is 0 Å². The Labute approximate surface area is 86.6 Å². The lowest BCUT2D eigenvalue weighted by atomic mass is 10.2. The Hall–Kier alpha value is -0.850. The van der Waals surface area contributed by atoms with Crippen LogP contribution >= 0.6 is 11.6 Å². The molecular formula is C7H14ClNO5. The van der Waals surface area contributed by atoms with Crippen molar-refractivity contribution in [3.8, 4) is 0 Å². The van der Waals surface area contributed by atoms with Crippen molar-refractivity contribution in [2.75, 3.05) is 6.61 Å². The van der Waals surface area contributed by atoms with Crippen LogP contribution in [-0.4, -0.2) is 40.4 Å². The monoisotopic (exact) mass is 227 g/mol. The summed E-state index contributed by atoms with van der Waals surface area (Å²) in [5, 5.41) is 16.6. The van der Waals surface area contributed by atoms with E-state index in [0.29, 0.717) is 6.61 Å². The molecule has 0 fully saturated rings. The number of carbonyl (C=O) groups is 2. The predicted molar refractivity (Wildman–Crippen MR) is 50.2 cm³/mol. The van der Waals surface area contributed by atoms with Crippen LogP contribution in [0.25, 0.3) is 0 Å². The fourth-order valence-corrected chi connectivity index (χ4v) is 0.429. The minimum absolute atomic E-state index is 0.350. The fraction of sp³-hybridized carbons (Fsp3) is 0.714. The van der Waals surface area contributed by atoms with Gasteiger partial charge in [-0.2, -0.15) is 0 Å². The molecule has 0 amide bonds. The van der Waals surface area contributed by atoms with Crippen molar-refractivity contribution in [2.45, 2.75) is 26.0 Å². The molecule has 4 N–H and O–H groups in total. The Balaban J connectivity index is 0. The molecule has 0 aromatic rings. The van der Waals surface area contributed by atoms with Crippen LogP contribution in [0.3, 0.4) is 0 Å². The topological polar surface area (TPSA) is 110 Å². The van der Waals surface area contributed by atoms with Gasteiger partial charge in [-0.1, -0.05) is 0 Å². The molecule has 0 aliphatic heterocycles. The van der Waals surface area contributed by atoms with Crippen LogP contribution in [-0.2, 0) is 9.53 Å². The summed E-state index contributed by atoms with van der Waals surface area (Å²) in [4.78, 5) is 19.4. The molecule has 2 atom stereocenters. The van der Waals surface area contributed by atoms with E-state index in [1.165, 1.54) is 6.92 Å². The number of rotatable bonds is 3. The fourth-order valence-electron chi connectivity index (χ4n) is 0.320. The largest absolute Gasteiger partial charge is 0.480 e. The SMILES string of the molecule is CC(O)C(N)C(=O)O.CCOC(=O)Cl. The highest BCUT2D eigenvalue weighted by Gasteiger charge is 2.16. The quantitative estimate of drug-likeness (QED) is 0.593. The minimum Gasteiger partial charge on any atom is -0.480 e. The Morgan fingerprint density at radius 1 is 1.57 bits per heavy atom. The number of carbonyl (C=O) groups excluding carboxylic acids is 1. The van der Waals surface area contributed by atoms with Crippen LogP contribution in [0.4, 0.5) is 4.79 Å². The van der Waals surface area contributed by atoms with Crippen LogP contribution in [0.5, 0.6) is 0 Å². The average molecular weight is 228 g/mol. The number of halogens is 1. The molecule has 0 aromatic carbocycles. The van der Waals surface area contributed by atoms with Crippen molar-refractivity contribution >= 4 is 23.0 Å². The molecule has 0 rings (SSSR count). The summed E-state index contributed by atoms with van der Waals surface area (Å²) >= 11 is 4.72. The third-order valence-electron chi connectivity index (χ3n) is 1.06. The van der Waals surface area contributed by atoms with Crippen LogP contribution in [0.15, 0.2) is 0 Å². The highest BCUT2D eigenvalue weighted by atomic mass is 35.5. The van der Waals surface area contributed by atoms with Gasteiger partial charge in [0, 0.05) is 11.6 Å². The van der Waals surface area contributed by atoms with Gasteiger partial charge < -0.3 is 20.7 Å². The maximum absolute atomic E-state index is 9.86. The Kier molecular flexibility index (Phi) is 9.74. The van der Waals surface area contributed by atoms with Gasteiger partial charge >= 0.3 is 11.4 Å². The van der Waals surface area contributed by atoms with Crippen molar-refractivity contribution in [1.82, 2.24) is 0 Å². The van der Waals surface area contributed by atoms with Crippen molar-refractivity contribution in [2.24, 2.45) is 5.73 Å². The van der Waals surface area contributed by atoms with E-state index in [1.54, 1.807) is 6.92 Å². The Morgan fingerprint density at radius 3 is 2.00 bits per heavy atom. The smallest absolute Gasteiger partial charge is 0.403 e. The van der Waals surface area contributed by atoms with E-state index in [0.717, 1.165) is 0 Å². The van der Waals surface area contributed by atoms with Gasteiger partial charge in [-0.3, -0.25) is 4.79 Å². The van der Waals surface area contributed by atoms with E-state index in [4.69, 9.17) is 27.5 Å². The zero-order valence-corrected chi connectivity index (χ0v) is 8.69. The van der Waals surface area contributed by atoms with E-state index >= 15 is 0 Å². The lowest BCUT2D eigenvalue weighted by Crippen LogP contribution is -2.39. The summed E-state index contributed by atoms with van der Waals surface area (Å²) in [6.45, 7) is 3.38. The first-order valence-electron chi connectivity index (χ1n) is 3.81. The molecule has 0 aliphatic carbocycles. The van der Waals surface area contributed by atoms with Crippen LogP contribution < -0.4 is 5.73 Å². The number of aliphatic hydroxyl groups is 1. The normalized spacial score (nSPS) is 13.2.